The van der Waals surface area contributed by atoms with Crippen molar-refractivity contribution >= 4 is 17.2 Å². The number of nitrogens with zero attached hydrogens (tertiary/aromatic N) is 2. The third-order valence-corrected chi connectivity index (χ3v) is 5.87. The zero-order valence-electron chi connectivity index (χ0n) is 13.0. The van der Waals surface area contributed by atoms with Crippen molar-refractivity contribution in [2.45, 2.75) is 57.5 Å². The van der Waals surface area contributed by atoms with E-state index in [4.69, 9.17) is 0 Å². The summed E-state index contributed by atoms with van der Waals surface area (Å²) in [6.45, 7) is 5.49. The largest absolute Gasteiger partial charge is 0.339 e. The lowest BCUT2D eigenvalue weighted by molar-refractivity contribution is -0.139. The van der Waals surface area contributed by atoms with Gasteiger partial charge in [-0.25, -0.2) is 0 Å². The van der Waals surface area contributed by atoms with E-state index in [0.717, 1.165) is 25.9 Å². The van der Waals surface area contributed by atoms with Gasteiger partial charge in [0.05, 0.1) is 0 Å². The molecular weight excluding hydrogens is 280 g/mol. The van der Waals surface area contributed by atoms with Gasteiger partial charge < -0.3 is 4.90 Å². The van der Waals surface area contributed by atoms with Gasteiger partial charge in [0.2, 0.25) is 5.91 Å². The van der Waals surface area contributed by atoms with Gasteiger partial charge in [-0.15, -0.1) is 11.3 Å². The Bertz CT molecular complexity index is 453. The van der Waals surface area contributed by atoms with Crippen LogP contribution in [0.4, 0.5) is 0 Å². The number of hydrogen-bond donors (Lipinski definition) is 0. The molecule has 3 heterocycles. The van der Waals surface area contributed by atoms with Crippen molar-refractivity contribution in [2.75, 3.05) is 19.6 Å². The van der Waals surface area contributed by atoms with Gasteiger partial charge >= 0.3 is 0 Å². The fourth-order valence-corrected chi connectivity index (χ4v) is 4.31. The highest BCUT2D eigenvalue weighted by atomic mass is 32.1. The standard InChI is InChI=1S/C17H26N2OS/c1-14-6-2-3-10-19(14)15-12-18(13-15)17(20)9-4-7-16-8-5-11-21-16/h5,8,11,14-15H,2-4,6-7,9-10,12-13H2,1H3/t14-/m0/s1. The summed E-state index contributed by atoms with van der Waals surface area (Å²) in [6.07, 6.45) is 6.77. The molecule has 0 saturated carbocycles. The number of aryl methyl sites for hydroxylation is 1. The second-order valence-corrected chi connectivity index (χ2v) is 7.50. The zero-order chi connectivity index (χ0) is 14.7. The van der Waals surface area contributed by atoms with Crippen molar-refractivity contribution in [3.05, 3.63) is 22.4 Å². The smallest absolute Gasteiger partial charge is 0.222 e. The maximum Gasteiger partial charge on any atom is 0.222 e. The second kappa shape index (κ2) is 6.93. The molecule has 0 aliphatic carbocycles. The van der Waals surface area contributed by atoms with Crippen LogP contribution in [0, 0.1) is 0 Å². The molecule has 0 bridgehead atoms. The molecule has 116 valence electrons. The van der Waals surface area contributed by atoms with Crippen LogP contribution in [0.3, 0.4) is 0 Å². The Kier molecular flexibility index (Phi) is 4.96. The van der Waals surface area contributed by atoms with Crippen molar-refractivity contribution in [3.8, 4) is 0 Å². The highest BCUT2D eigenvalue weighted by Crippen LogP contribution is 2.25. The maximum atomic E-state index is 12.2. The Morgan fingerprint density at radius 1 is 1.38 bits per heavy atom. The molecule has 1 aromatic heterocycles. The summed E-state index contributed by atoms with van der Waals surface area (Å²) in [7, 11) is 0. The molecule has 0 radical (unpaired) electrons. The van der Waals surface area contributed by atoms with E-state index in [1.165, 1.54) is 30.7 Å². The van der Waals surface area contributed by atoms with E-state index in [2.05, 4.69) is 34.2 Å². The Balaban J connectivity index is 1.36. The molecule has 4 heteroatoms. The topological polar surface area (TPSA) is 23.6 Å². The minimum atomic E-state index is 0.354. The van der Waals surface area contributed by atoms with Crippen LogP contribution in [0.25, 0.3) is 0 Å². The summed E-state index contributed by atoms with van der Waals surface area (Å²) in [5, 5.41) is 2.11. The third-order valence-electron chi connectivity index (χ3n) is 4.93. The van der Waals surface area contributed by atoms with E-state index < -0.39 is 0 Å². The number of thiophene rings is 1. The Morgan fingerprint density at radius 3 is 2.95 bits per heavy atom. The molecule has 3 rings (SSSR count). The van der Waals surface area contributed by atoms with E-state index in [-0.39, 0.29) is 0 Å². The van der Waals surface area contributed by atoms with Gasteiger partial charge in [0.25, 0.3) is 0 Å². The summed E-state index contributed by atoms with van der Waals surface area (Å²) in [5.41, 5.74) is 0. The number of carbonyl (C=O) groups excluding carboxylic acids is 1. The molecule has 2 aliphatic heterocycles. The summed E-state index contributed by atoms with van der Waals surface area (Å²) in [4.78, 5) is 18.2. The van der Waals surface area contributed by atoms with Crippen molar-refractivity contribution in [2.24, 2.45) is 0 Å². The Labute approximate surface area is 131 Å². The van der Waals surface area contributed by atoms with Gasteiger partial charge in [0.15, 0.2) is 0 Å². The van der Waals surface area contributed by atoms with Crippen LogP contribution in [0.5, 0.6) is 0 Å². The fraction of sp³-hybridized carbons (Fsp3) is 0.706. The second-order valence-electron chi connectivity index (χ2n) is 6.47. The van der Waals surface area contributed by atoms with Crippen LogP contribution in [0.2, 0.25) is 0 Å². The number of piperidine rings is 1. The van der Waals surface area contributed by atoms with Gasteiger partial charge in [-0.1, -0.05) is 12.5 Å². The van der Waals surface area contributed by atoms with E-state index >= 15 is 0 Å². The Morgan fingerprint density at radius 2 is 2.24 bits per heavy atom. The summed E-state index contributed by atoms with van der Waals surface area (Å²) < 4.78 is 0. The molecule has 0 unspecified atom stereocenters. The van der Waals surface area contributed by atoms with Crippen molar-refractivity contribution < 1.29 is 4.79 Å². The minimum Gasteiger partial charge on any atom is -0.339 e. The van der Waals surface area contributed by atoms with Crippen LogP contribution >= 0.6 is 11.3 Å². The molecule has 2 aliphatic rings. The van der Waals surface area contributed by atoms with Crippen LogP contribution < -0.4 is 0 Å². The van der Waals surface area contributed by atoms with Gasteiger partial charge in [-0.05, 0) is 50.6 Å². The molecule has 1 aromatic rings. The lowest BCUT2D eigenvalue weighted by Gasteiger charge is -2.49. The molecule has 2 fully saturated rings. The van der Waals surface area contributed by atoms with E-state index in [9.17, 15) is 4.79 Å². The average molecular weight is 306 g/mol. The normalized spacial score (nSPS) is 24.0. The lowest BCUT2D eigenvalue weighted by Crippen LogP contribution is -2.63. The number of likely N-dealkylation sites (tertiary alicyclic amines) is 2. The molecule has 0 spiro atoms. The predicted molar refractivity (Wildman–Crippen MR) is 87.6 cm³/mol. The van der Waals surface area contributed by atoms with Gasteiger partial charge in [0, 0.05) is 36.5 Å². The van der Waals surface area contributed by atoms with Crippen molar-refractivity contribution in [1.29, 1.82) is 0 Å². The number of hydrogen-bond acceptors (Lipinski definition) is 3. The van der Waals surface area contributed by atoms with Gasteiger partial charge in [-0.2, -0.15) is 0 Å². The first-order chi connectivity index (χ1) is 10.2. The number of carbonyl (C=O) groups is 1. The third kappa shape index (κ3) is 3.67. The maximum absolute atomic E-state index is 12.2. The van der Waals surface area contributed by atoms with E-state index in [1.807, 2.05) is 0 Å². The van der Waals surface area contributed by atoms with Crippen LogP contribution in [0.1, 0.15) is 43.9 Å². The van der Waals surface area contributed by atoms with Crippen LogP contribution in [0.15, 0.2) is 17.5 Å². The highest BCUT2D eigenvalue weighted by Gasteiger charge is 2.36. The first kappa shape index (κ1) is 15.0. The van der Waals surface area contributed by atoms with E-state index in [1.54, 1.807) is 11.3 Å². The van der Waals surface area contributed by atoms with Crippen molar-refractivity contribution in [1.82, 2.24) is 9.80 Å². The lowest BCUT2D eigenvalue weighted by atomic mass is 9.97. The predicted octanol–water partition coefficient (Wildman–Crippen LogP) is 3.16. The highest BCUT2D eigenvalue weighted by molar-refractivity contribution is 7.09. The number of amides is 1. The van der Waals surface area contributed by atoms with Gasteiger partial charge in [-0.3, -0.25) is 9.69 Å². The van der Waals surface area contributed by atoms with Crippen LogP contribution in [-0.2, 0) is 11.2 Å². The molecule has 1 atom stereocenters. The fourth-order valence-electron chi connectivity index (χ4n) is 3.56. The molecule has 21 heavy (non-hydrogen) atoms. The summed E-state index contributed by atoms with van der Waals surface area (Å²) >= 11 is 1.79. The first-order valence-corrected chi connectivity index (χ1v) is 9.18. The van der Waals surface area contributed by atoms with Gasteiger partial charge in [0.1, 0.15) is 0 Å². The summed E-state index contributed by atoms with van der Waals surface area (Å²) in [6, 6.07) is 5.58. The SMILES string of the molecule is C[C@H]1CCCCN1C1CN(C(=O)CCCc2cccs2)C1. The number of rotatable bonds is 5. The summed E-state index contributed by atoms with van der Waals surface area (Å²) in [5.74, 6) is 0.354. The average Bonchev–Trinajstić information content (AvgIpc) is 2.92. The zero-order valence-corrected chi connectivity index (χ0v) is 13.8. The van der Waals surface area contributed by atoms with Crippen LogP contribution in [-0.4, -0.2) is 47.4 Å². The molecule has 0 aromatic carbocycles. The monoisotopic (exact) mass is 306 g/mol. The first-order valence-electron chi connectivity index (χ1n) is 8.30. The minimum absolute atomic E-state index is 0.354. The van der Waals surface area contributed by atoms with E-state index in [0.29, 0.717) is 24.4 Å². The van der Waals surface area contributed by atoms with Crippen molar-refractivity contribution in [3.63, 3.8) is 0 Å². The quantitative estimate of drug-likeness (QED) is 0.834. The molecule has 0 N–H and O–H groups in total. The molecule has 2 saturated heterocycles. The molecular formula is C17H26N2OS. The molecule has 1 amide bonds. The molecule has 3 nitrogen and oxygen atoms in total. The Hall–Kier alpha value is -0.870.